The molecule has 0 bridgehead atoms. The summed E-state index contributed by atoms with van der Waals surface area (Å²) < 4.78 is 14.0. The van der Waals surface area contributed by atoms with Crippen LogP contribution in [0, 0.1) is 12.7 Å². The van der Waals surface area contributed by atoms with Gasteiger partial charge in [0.15, 0.2) is 0 Å². The van der Waals surface area contributed by atoms with E-state index in [-0.39, 0.29) is 5.82 Å². The fourth-order valence-electron chi connectivity index (χ4n) is 4.43. The average molecular weight is 368 g/mol. The monoisotopic (exact) mass is 367 g/mol. The number of piperazine rings is 1. The Kier molecular flexibility index (Phi) is 5.74. The molecule has 3 nitrogen and oxygen atoms in total. The molecule has 2 fully saturated rings. The van der Waals surface area contributed by atoms with Crippen LogP contribution in [0.25, 0.3) is 0 Å². The Morgan fingerprint density at radius 2 is 1.52 bits per heavy atom. The van der Waals surface area contributed by atoms with Crippen molar-refractivity contribution in [3.63, 3.8) is 0 Å². The molecule has 4 rings (SSSR count). The maximum Gasteiger partial charge on any atom is 0.146 e. The topological polar surface area (TPSA) is 9.72 Å². The van der Waals surface area contributed by atoms with Gasteiger partial charge in [-0.05, 0) is 50.6 Å². The summed E-state index contributed by atoms with van der Waals surface area (Å²) in [5, 5.41) is 0. The predicted molar refractivity (Wildman–Crippen MR) is 110 cm³/mol. The van der Waals surface area contributed by atoms with Gasteiger partial charge in [0.2, 0.25) is 0 Å². The summed E-state index contributed by atoms with van der Waals surface area (Å²) in [5.41, 5.74) is 3.50. The van der Waals surface area contributed by atoms with Crippen molar-refractivity contribution in [3.8, 4) is 0 Å². The van der Waals surface area contributed by atoms with E-state index in [0.717, 1.165) is 38.4 Å². The lowest BCUT2D eigenvalue weighted by molar-refractivity contribution is 0.0997. The molecule has 0 spiro atoms. The van der Waals surface area contributed by atoms with Gasteiger partial charge in [-0.2, -0.15) is 0 Å². The molecule has 2 aliphatic heterocycles. The van der Waals surface area contributed by atoms with Crippen LogP contribution in [-0.4, -0.2) is 55.1 Å². The largest absolute Gasteiger partial charge is 0.367 e. The molecule has 2 aromatic rings. The van der Waals surface area contributed by atoms with Crippen LogP contribution in [-0.2, 0) is 6.54 Å². The number of halogens is 1. The van der Waals surface area contributed by atoms with Gasteiger partial charge in [-0.3, -0.25) is 9.80 Å². The molecule has 2 heterocycles. The number of nitrogens with zero attached hydrogens (tertiary/aromatic N) is 3. The molecule has 0 unspecified atom stereocenters. The second kappa shape index (κ2) is 8.41. The first-order valence-corrected chi connectivity index (χ1v) is 10.2. The molecule has 0 aromatic heterocycles. The molecule has 2 saturated heterocycles. The quantitative estimate of drug-likeness (QED) is 0.811. The summed E-state index contributed by atoms with van der Waals surface area (Å²) in [5.74, 6) is -0.102. The lowest BCUT2D eigenvalue weighted by Gasteiger charge is -2.43. The third-order valence-electron chi connectivity index (χ3n) is 6.11. The van der Waals surface area contributed by atoms with Gasteiger partial charge >= 0.3 is 0 Å². The van der Waals surface area contributed by atoms with E-state index < -0.39 is 0 Å². The maximum atomic E-state index is 14.0. The van der Waals surface area contributed by atoms with Gasteiger partial charge < -0.3 is 4.90 Å². The normalized spacial score (nSPS) is 20.1. The van der Waals surface area contributed by atoms with Gasteiger partial charge in [-0.25, -0.2) is 4.39 Å². The highest BCUT2D eigenvalue weighted by atomic mass is 19.1. The van der Waals surface area contributed by atoms with Crippen LogP contribution in [0.3, 0.4) is 0 Å². The molecule has 4 heteroatoms. The van der Waals surface area contributed by atoms with Gasteiger partial charge in [0.05, 0.1) is 5.69 Å². The number of aryl methyl sites for hydroxylation is 1. The van der Waals surface area contributed by atoms with Crippen molar-refractivity contribution < 1.29 is 4.39 Å². The lowest BCUT2D eigenvalue weighted by Crippen LogP contribution is -2.53. The van der Waals surface area contributed by atoms with E-state index in [4.69, 9.17) is 0 Å². The summed E-state index contributed by atoms with van der Waals surface area (Å²) in [7, 11) is 0. The summed E-state index contributed by atoms with van der Waals surface area (Å²) in [6.07, 6.45) is 2.48. The van der Waals surface area contributed by atoms with Crippen LogP contribution < -0.4 is 4.90 Å². The van der Waals surface area contributed by atoms with Crippen LogP contribution in [0.2, 0.25) is 0 Å². The van der Waals surface area contributed by atoms with Gasteiger partial charge in [-0.15, -0.1) is 0 Å². The van der Waals surface area contributed by atoms with Crippen molar-refractivity contribution >= 4 is 5.69 Å². The molecule has 0 atom stereocenters. The van der Waals surface area contributed by atoms with E-state index in [1.807, 2.05) is 12.1 Å². The Balaban J connectivity index is 1.25. The van der Waals surface area contributed by atoms with Crippen molar-refractivity contribution in [1.29, 1.82) is 0 Å². The first-order valence-electron chi connectivity index (χ1n) is 10.2. The Hall–Kier alpha value is -1.91. The number of benzene rings is 2. The Morgan fingerprint density at radius 3 is 2.19 bits per heavy atom. The zero-order chi connectivity index (χ0) is 18.6. The molecular formula is C23H30FN3. The molecule has 0 radical (unpaired) electrons. The Bertz CT molecular complexity index is 730. The van der Waals surface area contributed by atoms with E-state index >= 15 is 0 Å². The average Bonchev–Trinajstić information content (AvgIpc) is 2.71. The molecule has 0 aliphatic carbocycles. The minimum atomic E-state index is -0.102. The van der Waals surface area contributed by atoms with E-state index in [9.17, 15) is 4.39 Å². The predicted octanol–water partition coefficient (Wildman–Crippen LogP) is 3.92. The highest BCUT2D eigenvalue weighted by molar-refractivity contribution is 5.48. The Morgan fingerprint density at radius 1 is 0.852 bits per heavy atom. The van der Waals surface area contributed by atoms with Crippen molar-refractivity contribution in [3.05, 3.63) is 65.5 Å². The molecule has 2 aliphatic rings. The van der Waals surface area contributed by atoms with Crippen LogP contribution in [0.15, 0.2) is 48.5 Å². The van der Waals surface area contributed by atoms with Gasteiger partial charge in [0.1, 0.15) is 5.82 Å². The second-order valence-corrected chi connectivity index (χ2v) is 7.97. The number of para-hydroxylation sites is 1. The first-order chi connectivity index (χ1) is 13.2. The smallest absolute Gasteiger partial charge is 0.146 e. The fourth-order valence-corrected chi connectivity index (χ4v) is 4.43. The van der Waals surface area contributed by atoms with Crippen molar-refractivity contribution in [2.24, 2.45) is 0 Å². The van der Waals surface area contributed by atoms with E-state index in [1.165, 1.54) is 37.1 Å². The number of piperidine rings is 1. The maximum absolute atomic E-state index is 14.0. The third kappa shape index (κ3) is 4.50. The minimum Gasteiger partial charge on any atom is -0.367 e. The zero-order valence-corrected chi connectivity index (χ0v) is 16.3. The molecule has 0 N–H and O–H groups in total. The van der Waals surface area contributed by atoms with Gasteiger partial charge in [0, 0.05) is 38.8 Å². The lowest BCUT2D eigenvalue weighted by atomic mass is 10.0. The minimum absolute atomic E-state index is 0.102. The van der Waals surface area contributed by atoms with Gasteiger partial charge in [-0.1, -0.05) is 42.0 Å². The second-order valence-electron chi connectivity index (χ2n) is 7.97. The van der Waals surface area contributed by atoms with Crippen LogP contribution >= 0.6 is 0 Å². The highest BCUT2D eigenvalue weighted by Gasteiger charge is 2.28. The number of anilines is 1. The van der Waals surface area contributed by atoms with Crippen molar-refractivity contribution in [2.45, 2.75) is 32.4 Å². The highest BCUT2D eigenvalue weighted by Crippen LogP contribution is 2.24. The number of likely N-dealkylation sites (tertiary alicyclic amines) is 1. The molecule has 27 heavy (non-hydrogen) atoms. The summed E-state index contributed by atoms with van der Waals surface area (Å²) in [6, 6.07) is 16.7. The molecule has 144 valence electrons. The van der Waals surface area contributed by atoms with Crippen molar-refractivity contribution in [2.75, 3.05) is 44.2 Å². The number of rotatable bonds is 4. The molecule has 0 amide bonds. The third-order valence-corrected chi connectivity index (χ3v) is 6.11. The fraction of sp³-hybridized carbons (Fsp3) is 0.478. The van der Waals surface area contributed by atoms with E-state index in [0.29, 0.717) is 6.04 Å². The summed E-state index contributed by atoms with van der Waals surface area (Å²) in [6.45, 7) is 9.47. The molecule has 0 saturated carbocycles. The summed E-state index contributed by atoms with van der Waals surface area (Å²) in [4.78, 5) is 7.40. The Labute approximate surface area is 162 Å². The molecular weight excluding hydrogens is 337 g/mol. The SMILES string of the molecule is Cc1ccc(CN2CCC(N3CCN(c4ccccc4F)CC3)CC2)cc1. The zero-order valence-electron chi connectivity index (χ0n) is 16.3. The van der Waals surface area contributed by atoms with Crippen LogP contribution in [0.5, 0.6) is 0 Å². The molecule has 2 aromatic carbocycles. The summed E-state index contributed by atoms with van der Waals surface area (Å²) >= 11 is 0. The van der Waals surface area contributed by atoms with E-state index in [1.54, 1.807) is 12.1 Å². The van der Waals surface area contributed by atoms with Crippen LogP contribution in [0.4, 0.5) is 10.1 Å². The first kappa shape index (κ1) is 18.5. The number of hydrogen-bond acceptors (Lipinski definition) is 3. The number of hydrogen-bond donors (Lipinski definition) is 0. The van der Waals surface area contributed by atoms with Gasteiger partial charge in [0.25, 0.3) is 0 Å². The van der Waals surface area contributed by atoms with Crippen molar-refractivity contribution in [1.82, 2.24) is 9.80 Å². The van der Waals surface area contributed by atoms with E-state index in [2.05, 4.69) is 45.9 Å². The van der Waals surface area contributed by atoms with Crippen LogP contribution in [0.1, 0.15) is 24.0 Å². The standard InChI is InChI=1S/C23H30FN3/c1-19-6-8-20(9-7-19)18-25-12-10-21(11-13-25)26-14-16-27(17-15-26)23-5-3-2-4-22(23)24/h2-9,21H,10-18H2,1H3.